The standard InChI is InChI=1S/C22H26N2O7/c1-23-21(29)12-7-11(8-13(9-12)22(30)24-2)14-5-3-4-6-15(14)20-19(28)18(27)17(26)16(10-25)31-20/h3-9,16-20,25-28H,10H2,1-2H3,(H,23,29)(H,24,30)/t16-,17-,18+,19+,20-/m1/s1. The second-order valence-electron chi connectivity index (χ2n) is 7.29. The molecule has 0 unspecified atom stereocenters. The Morgan fingerprint density at radius 3 is 2.03 bits per heavy atom. The lowest BCUT2D eigenvalue weighted by Crippen LogP contribution is -2.55. The summed E-state index contributed by atoms with van der Waals surface area (Å²) in [6.07, 6.45) is -6.57. The second-order valence-corrected chi connectivity index (χ2v) is 7.29. The number of rotatable bonds is 5. The number of aliphatic hydroxyl groups is 4. The highest BCUT2D eigenvalue weighted by molar-refractivity contribution is 6.01. The molecule has 166 valence electrons. The van der Waals surface area contributed by atoms with Crippen LogP contribution < -0.4 is 10.6 Å². The molecule has 5 atom stereocenters. The van der Waals surface area contributed by atoms with E-state index in [4.69, 9.17) is 4.74 Å². The van der Waals surface area contributed by atoms with E-state index in [1.165, 1.54) is 20.2 Å². The summed E-state index contributed by atoms with van der Waals surface area (Å²) in [4.78, 5) is 24.5. The van der Waals surface area contributed by atoms with Crippen molar-refractivity contribution in [3.05, 3.63) is 59.2 Å². The molecule has 1 saturated heterocycles. The third kappa shape index (κ3) is 4.46. The van der Waals surface area contributed by atoms with E-state index in [2.05, 4.69) is 10.6 Å². The first-order chi connectivity index (χ1) is 14.8. The Balaban J connectivity index is 2.13. The normalized spacial score (nSPS) is 25.7. The average molecular weight is 430 g/mol. The van der Waals surface area contributed by atoms with Crippen molar-refractivity contribution in [2.45, 2.75) is 30.5 Å². The molecule has 2 amide bonds. The van der Waals surface area contributed by atoms with Gasteiger partial charge in [-0.15, -0.1) is 0 Å². The highest BCUT2D eigenvalue weighted by Gasteiger charge is 2.44. The Labute approximate surface area is 179 Å². The Morgan fingerprint density at radius 2 is 1.48 bits per heavy atom. The van der Waals surface area contributed by atoms with Gasteiger partial charge in [-0.3, -0.25) is 9.59 Å². The molecule has 6 N–H and O–H groups in total. The Kier molecular flexibility index (Phi) is 7.04. The molecule has 31 heavy (non-hydrogen) atoms. The number of aliphatic hydroxyl groups excluding tert-OH is 4. The SMILES string of the molecule is CNC(=O)c1cc(C(=O)NC)cc(-c2ccccc2[C@H]2O[C@H](CO)[C@@H](O)[C@H](O)[C@@H]2O)c1. The topological polar surface area (TPSA) is 148 Å². The molecular weight excluding hydrogens is 404 g/mol. The lowest BCUT2D eigenvalue weighted by molar-refractivity contribution is -0.231. The smallest absolute Gasteiger partial charge is 0.251 e. The average Bonchev–Trinajstić information content (AvgIpc) is 2.81. The molecule has 3 rings (SSSR count). The monoisotopic (exact) mass is 430 g/mol. The molecule has 0 radical (unpaired) electrons. The van der Waals surface area contributed by atoms with Gasteiger partial charge in [-0.25, -0.2) is 0 Å². The number of ether oxygens (including phenoxy) is 1. The van der Waals surface area contributed by atoms with Gasteiger partial charge >= 0.3 is 0 Å². The minimum Gasteiger partial charge on any atom is -0.394 e. The molecule has 9 nitrogen and oxygen atoms in total. The summed E-state index contributed by atoms with van der Waals surface area (Å²) < 4.78 is 5.71. The van der Waals surface area contributed by atoms with Crippen molar-refractivity contribution in [2.75, 3.05) is 20.7 Å². The number of carbonyl (C=O) groups is 2. The molecule has 0 bridgehead atoms. The van der Waals surface area contributed by atoms with Gasteiger partial charge in [0.1, 0.15) is 30.5 Å². The molecule has 0 spiro atoms. The van der Waals surface area contributed by atoms with Crippen molar-refractivity contribution >= 4 is 11.8 Å². The van der Waals surface area contributed by atoms with Crippen molar-refractivity contribution in [2.24, 2.45) is 0 Å². The van der Waals surface area contributed by atoms with Crippen molar-refractivity contribution < 1.29 is 34.8 Å². The van der Waals surface area contributed by atoms with Crippen LogP contribution in [0.1, 0.15) is 32.4 Å². The quantitative estimate of drug-likeness (QED) is 0.378. The molecule has 9 heteroatoms. The summed E-state index contributed by atoms with van der Waals surface area (Å²) >= 11 is 0. The van der Waals surface area contributed by atoms with Gasteiger partial charge in [0.05, 0.1) is 6.61 Å². The molecule has 0 saturated carbocycles. The fourth-order valence-electron chi connectivity index (χ4n) is 3.70. The van der Waals surface area contributed by atoms with Crippen molar-refractivity contribution in [3.63, 3.8) is 0 Å². The van der Waals surface area contributed by atoms with Crippen molar-refractivity contribution in [1.82, 2.24) is 10.6 Å². The summed E-state index contributed by atoms with van der Waals surface area (Å²) in [5.41, 5.74) is 2.08. The van der Waals surface area contributed by atoms with Gasteiger partial charge < -0.3 is 35.8 Å². The zero-order valence-electron chi connectivity index (χ0n) is 17.1. The lowest BCUT2D eigenvalue weighted by atomic mass is 9.86. The van der Waals surface area contributed by atoms with E-state index < -0.39 is 37.1 Å². The van der Waals surface area contributed by atoms with Crippen LogP contribution in [0.5, 0.6) is 0 Å². The highest BCUT2D eigenvalue weighted by Crippen LogP contribution is 2.38. The van der Waals surface area contributed by atoms with E-state index in [1.807, 2.05) is 0 Å². The summed E-state index contributed by atoms with van der Waals surface area (Å²) in [6, 6.07) is 11.5. The first-order valence-electron chi connectivity index (χ1n) is 9.81. The Hall–Kier alpha value is -2.82. The number of benzene rings is 2. The lowest BCUT2D eigenvalue weighted by Gasteiger charge is -2.40. The first kappa shape index (κ1) is 22.9. The maximum Gasteiger partial charge on any atom is 0.251 e. The summed E-state index contributed by atoms with van der Waals surface area (Å²) in [7, 11) is 2.97. The van der Waals surface area contributed by atoms with E-state index in [1.54, 1.807) is 36.4 Å². The van der Waals surface area contributed by atoms with Crippen LogP contribution in [0.2, 0.25) is 0 Å². The summed E-state index contributed by atoms with van der Waals surface area (Å²) in [6.45, 7) is -0.545. The number of hydrogen-bond acceptors (Lipinski definition) is 7. The van der Waals surface area contributed by atoms with Crippen LogP contribution in [-0.2, 0) is 4.74 Å². The fourth-order valence-corrected chi connectivity index (χ4v) is 3.70. The van der Waals surface area contributed by atoms with Crippen LogP contribution in [0.4, 0.5) is 0 Å². The van der Waals surface area contributed by atoms with Gasteiger partial charge in [0.25, 0.3) is 11.8 Å². The van der Waals surface area contributed by atoms with Crippen LogP contribution in [0.25, 0.3) is 11.1 Å². The maximum atomic E-state index is 12.3. The van der Waals surface area contributed by atoms with E-state index in [0.29, 0.717) is 16.7 Å². The number of nitrogens with one attached hydrogen (secondary N) is 2. The van der Waals surface area contributed by atoms with Gasteiger partial charge in [-0.1, -0.05) is 24.3 Å². The number of amides is 2. The van der Waals surface area contributed by atoms with E-state index in [9.17, 15) is 30.0 Å². The van der Waals surface area contributed by atoms with Gasteiger partial charge in [-0.05, 0) is 34.9 Å². The van der Waals surface area contributed by atoms with Gasteiger partial charge in [0.2, 0.25) is 0 Å². The molecule has 1 fully saturated rings. The van der Waals surface area contributed by atoms with E-state index >= 15 is 0 Å². The van der Waals surface area contributed by atoms with Crippen LogP contribution in [0.15, 0.2) is 42.5 Å². The summed E-state index contributed by atoms with van der Waals surface area (Å²) in [5, 5.41) is 45.4. The minimum atomic E-state index is -1.53. The maximum absolute atomic E-state index is 12.3. The number of carbonyl (C=O) groups excluding carboxylic acids is 2. The molecule has 1 heterocycles. The largest absolute Gasteiger partial charge is 0.394 e. The Bertz CT molecular complexity index is 928. The molecular formula is C22H26N2O7. The molecule has 1 aliphatic rings. The molecule has 2 aromatic rings. The molecule has 0 aliphatic carbocycles. The fraction of sp³-hybridized carbons (Fsp3) is 0.364. The van der Waals surface area contributed by atoms with Gasteiger partial charge in [-0.2, -0.15) is 0 Å². The van der Waals surface area contributed by atoms with Gasteiger partial charge in [0.15, 0.2) is 0 Å². The summed E-state index contributed by atoms with van der Waals surface area (Å²) in [5.74, 6) is -0.755. The van der Waals surface area contributed by atoms with Gasteiger partial charge in [0, 0.05) is 25.2 Å². The predicted molar refractivity (Wildman–Crippen MR) is 111 cm³/mol. The number of hydrogen-bond donors (Lipinski definition) is 6. The second kappa shape index (κ2) is 9.54. The third-order valence-electron chi connectivity index (χ3n) is 5.38. The zero-order valence-corrected chi connectivity index (χ0v) is 17.1. The molecule has 2 aromatic carbocycles. The minimum absolute atomic E-state index is 0.266. The molecule has 1 aliphatic heterocycles. The van der Waals surface area contributed by atoms with Crippen molar-refractivity contribution in [3.8, 4) is 11.1 Å². The van der Waals surface area contributed by atoms with E-state index in [-0.39, 0.29) is 22.9 Å². The van der Waals surface area contributed by atoms with Crippen LogP contribution >= 0.6 is 0 Å². The third-order valence-corrected chi connectivity index (χ3v) is 5.38. The van der Waals surface area contributed by atoms with Crippen LogP contribution in [-0.4, -0.2) is 77.4 Å². The molecule has 0 aromatic heterocycles. The van der Waals surface area contributed by atoms with E-state index in [0.717, 1.165) is 0 Å². The highest BCUT2D eigenvalue weighted by atomic mass is 16.5. The van der Waals surface area contributed by atoms with Crippen LogP contribution in [0.3, 0.4) is 0 Å². The Morgan fingerprint density at radius 1 is 0.903 bits per heavy atom. The first-order valence-corrected chi connectivity index (χ1v) is 9.81. The zero-order chi connectivity index (χ0) is 22.7. The van der Waals surface area contributed by atoms with Crippen molar-refractivity contribution in [1.29, 1.82) is 0 Å². The predicted octanol–water partition coefficient (Wildman–Crippen LogP) is -0.412. The van der Waals surface area contributed by atoms with Crippen LogP contribution in [0, 0.1) is 0 Å².